The number of nitrogens with zero attached hydrogens (tertiary/aromatic N) is 2. The molecule has 0 radical (unpaired) electrons. The van der Waals surface area contributed by atoms with Crippen LogP contribution in [0.15, 0.2) is 60.7 Å². The van der Waals surface area contributed by atoms with Gasteiger partial charge in [0.2, 0.25) is 0 Å². The number of aromatic nitrogens is 1. The topological polar surface area (TPSA) is 42.4 Å². The summed E-state index contributed by atoms with van der Waals surface area (Å²) in [6.45, 7) is 8.75. The van der Waals surface area contributed by atoms with Crippen LogP contribution in [-0.4, -0.2) is 42.5 Å². The first kappa shape index (κ1) is 22.7. The molecule has 3 aromatic carbocycles. The van der Waals surface area contributed by atoms with Crippen LogP contribution >= 0.6 is 11.6 Å². The highest BCUT2D eigenvalue weighted by Crippen LogP contribution is 2.40. The second kappa shape index (κ2) is 9.67. The van der Waals surface area contributed by atoms with Crippen molar-refractivity contribution in [3.05, 3.63) is 88.1 Å². The lowest BCUT2D eigenvalue weighted by Gasteiger charge is -2.26. The molecule has 0 amide bonds. The van der Waals surface area contributed by atoms with E-state index < -0.39 is 0 Å². The maximum atomic E-state index is 11.6. The van der Waals surface area contributed by atoms with E-state index >= 15 is 0 Å². The second-order valence-electron chi connectivity index (χ2n) is 8.87. The summed E-state index contributed by atoms with van der Waals surface area (Å²) in [4.78, 5) is 18.7. The summed E-state index contributed by atoms with van der Waals surface area (Å²) in [7, 11) is 0. The summed E-state index contributed by atoms with van der Waals surface area (Å²) in [5.41, 5.74) is 8.98. The van der Waals surface area contributed by atoms with Crippen LogP contribution in [0.5, 0.6) is 0 Å². The summed E-state index contributed by atoms with van der Waals surface area (Å²) < 4.78 is 5.46. The lowest BCUT2D eigenvalue weighted by Crippen LogP contribution is -2.35. The van der Waals surface area contributed by atoms with Crippen molar-refractivity contribution in [3.63, 3.8) is 0 Å². The highest BCUT2D eigenvalue weighted by Gasteiger charge is 2.18. The predicted octanol–water partition coefficient (Wildman–Crippen LogP) is 6.48. The van der Waals surface area contributed by atoms with E-state index in [1.807, 2.05) is 30.3 Å². The molecule has 0 atom stereocenters. The van der Waals surface area contributed by atoms with Gasteiger partial charge >= 0.3 is 0 Å². The van der Waals surface area contributed by atoms with Crippen molar-refractivity contribution in [1.82, 2.24) is 9.88 Å². The first-order chi connectivity index (χ1) is 16.5. The summed E-state index contributed by atoms with van der Waals surface area (Å²) in [6, 6.07) is 20.5. The van der Waals surface area contributed by atoms with Crippen LogP contribution in [-0.2, 0) is 11.3 Å². The molecule has 0 spiro atoms. The third-order valence-electron chi connectivity index (χ3n) is 6.60. The molecule has 0 saturated carbocycles. The van der Waals surface area contributed by atoms with Gasteiger partial charge < -0.3 is 4.74 Å². The molecule has 172 valence electrons. The van der Waals surface area contributed by atoms with Gasteiger partial charge in [0.1, 0.15) is 5.69 Å². The quantitative estimate of drug-likeness (QED) is 0.313. The highest BCUT2D eigenvalue weighted by atomic mass is 35.5. The standard InChI is InChI=1S/C29H27ClN2O2/c1-19-15-27-29(25(16-23(18-33)31-27)24-5-3-4-6-26(24)30)20(2)28(19)22-9-7-21(8-10-22)17-32-11-13-34-14-12-32/h3-10,15-16,18H,11-14,17H2,1-2H3. The van der Waals surface area contributed by atoms with Crippen molar-refractivity contribution in [2.75, 3.05) is 26.3 Å². The number of carbonyl (C=O) groups is 1. The molecule has 4 nitrogen and oxygen atoms in total. The Labute approximate surface area is 205 Å². The van der Waals surface area contributed by atoms with Crippen molar-refractivity contribution in [1.29, 1.82) is 0 Å². The average Bonchev–Trinajstić information content (AvgIpc) is 2.85. The Morgan fingerprint density at radius 2 is 1.74 bits per heavy atom. The normalized spacial score (nSPS) is 14.4. The van der Waals surface area contributed by atoms with Gasteiger partial charge in [0.15, 0.2) is 6.29 Å². The van der Waals surface area contributed by atoms with Gasteiger partial charge in [-0.3, -0.25) is 9.69 Å². The zero-order valence-corrected chi connectivity index (χ0v) is 20.2. The van der Waals surface area contributed by atoms with E-state index in [9.17, 15) is 4.79 Å². The van der Waals surface area contributed by atoms with Crippen molar-refractivity contribution < 1.29 is 9.53 Å². The maximum Gasteiger partial charge on any atom is 0.168 e. The number of pyridine rings is 1. The van der Waals surface area contributed by atoms with E-state index in [0.29, 0.717) is 10.7 Å². The minimum Gasteiger partial charge on any atom is -0.379 e. The number of rotatable bonds is 5. The molecule has 0 aliphatic carbocycles. The van der Waals surface area contributed by atoms with Crippen molar-refractivity contribution in [2.24, 2.45) is 0 Å². The first-order valence-electron chi connectivity index (χ1n) is 11.6. The lowest BCUT2D eigenvalue weighted by atomic mass is 9.88. The molecule has 4 aromatic rings. The van der Waals surface area contributed by atoms with Crippen LogP contribution in [0.4, 0.5) is 0 Å². The molecule has 5 heteroatoms. The number of ether oxygens (including phenoxy) is 1. The van der Waals surface area contributed by atoms with Gasteiger partial charge in [-0.1, -0.05) is 54.1 Å². The second-order valence-corrected chi connectivity index (χ2v) is 9.27. The zero-order chi connectivity index (χ0) is 23.7. The molecule has 2 heterocycles. The number of carbonyl (C=O) groups excluding carboxylic acids is 1. The van der Waals surface area contributed by atoms with Crippen LogP contribution in [0.3, 0.4) is 0 Å². The van der Waals surface area contributed by atoms with E-state index in [-0.39, 0.29) is 0 Å². The summed E-state index contributed by atoms with van der Waals surface area (Å²) in [5, 5.41) is 1.68. The first-order valence-corrected chi connectivity index (χ1v) is 12.0. The van der Waals surface area contributed by atoms with Crippen molar-refractivity contribution in [3.8, 4) is 22.3 Å². The number of benzene rings is 3. The molecule has 34 heavy (non-hydrogen) atoms. The fourth-order valence-corrected chi connectivity index (χ4v) is 5.21. The van der Waals surface area contributed by atoms with E-state index in [4.69, 9.17) is 16.3 Å². The molecular weight excluding hydrogens is 444 g/mol. The van der Waals surface area contributed by atoms with Crippen LogP contribution < -0.4 is 0 Å². The molecule has 0 unspecified atom stereocenters. The van der Waals surface area contributed by atoms with Crippen LogP contribution in [0.2, 0.25) is 5.02 Å². The Hall–Kier alpha value is -3.05. The molecule has 5 rings (SSSR count). The van der Waals surface area contributed by atoms with Gasteiger partial charge in [-0.15, -0.1) is 0 Å². The Bertz CT molecular complexity index is 1360. The van der Waals surface area contributed by atoms with Crippen LogP contribution in [0.25, 0.3) is 33.2 Å². The highest BCUT2D eigenvalue weighted by molar-refractivity contribution is 6.33. The summed E-state index contributed by atoms with van der Waals surface area (Å²) >= 11 is 6.57. The number of fused-ring (bicyclic) bond motifs is 1. The maximum absolute atomic E-state index is 11.6. The number of aldehydes is 1. The number of aryl methyl sites for hydroxylation is 2. The molecule has 0 bridgehead atoms. The van der Waals surface area contributed by atoms with E-state index in [1.165, 1.54) is 16.7 Å². The number of halogens is 1. The molecule has 1 saturated heterocycles. The number of hydrogen-bond donors (Lipinski definition) is 0. The van der Waals surface area contributed by atoms with Gasteiger partial charge in [0.05, 0.1) is 18.7 Å². The molecular formula is C29H27ClN2O2. The number of hydrogen-bond acceptors (Lipinski definition) is 4. The summed E-state index contributed by atoms with van der Waals surface area (Å²) in [6.07, 6.45) is 0.797. The molecule has 1 fully saturated rings. The minimum atomic E-state index is 0.404. The van der Waals surface area contributed by atoms with Crippen molar-refractivity contribution >= 4 is 28.8 Å². The summed E-state index contributed by atoms with van der Waals surface area (Å²) in [5.74, 6) is 0. The van der Waals surface area contributed by atoms with Gasteiger partial charge in [0.25, 0.3) is 0 Å². The van der Waals surface area contributed by atoms with Crippen molar-refractivity contribution in [2.45, 2.75) is 20.4 Å². The van der Waals surface area contributed by atoms with Gasteiger partial charge in [-0.05, 0) is 65.4 Å². The van der Waals surface area contributed by atoms with Crippen LogP contribution in [0.1, 0.15) is 27.2 Å². The third-order valence-corrected chi connectivity index (χ3v) is 6.93. The predicted molar refractivity (Wildman–Crippen MR) is 139 cm³/mol. The Kier molecular flexibility index (Phi) is 6.46. The smallest absolute Gasteiger partial charge is 0.168 e. The minimum absolute atomic E-state index is 0.404. The van der Waals surface area contributed by atoms with E-state index in [2.05, 4.69) is 54.1 Å². The molecule has 1 aliphatic heterocycles. The lowest BCUT2D eigenvalue weighted by molar-refractivity contribution is 0.0342. The fraction of sp³-hybridized carbons (Fsp3) is 0.241. The van der Waals surface area contributed by atoms with Crippen LogP contribution in [0, 0.1) is 13.8 Å². The largest absolute Gasteiger partial charge is 0.379 e. The zero-order valence-electron chi connectivity index (χ0n) is 19.5. The van der Waals surface area contributed by atoms with Gasteiger partial charge in [0, 0.05) is 35.6 Å². The van der Waals surface area contributed by atoms with E-state index in [1.54, 1.807) is 0 Å². The Morgan fingerprint density at radius 1 is 1.00 bits per heavy atom. The monoisotopic (exact) mass is 470 g/mol. The Balaban J connectivity index is 1.62. The number of morpholine rings is 1. The molecule has 1 aliphatic rings. The third kappa shape index (κ3) is 4.37. The van der Waals surface area contributed by atoms with Gasteiger partial charge in [-0.25, -0.2) is 4.98 Å². The fourth-order valence-electron chi connectivity index (χ4n) is 4.97. The molecule has 0 N–H and O–H groups in total. The van der Waals surface area contributed by atoms with E-state index in [0.717, 1.165) is 72.3 Å². The Morgan fingerprint density at radius 3 is 2.44 bits per heavy atom. The SMILES string of the molecule is Cc1cc2nc(C=O)cc(-c3ccccc3Cl)c2c(C)c1-c1ccc(CN2CCOCC2)cc1. The molecule has 1 aromatic heterocycles. The average molecular weight is 471 g/mol. The van der Waals surface area contributed by atoms with Gasteiger partial charge in [-0.2, -0.15) is 0 Å².